The molecule has 36 heavy (non-hydrogen) atoms. The first-order chi connectivity index (χ1) is 17.7. The number of hydrogen-bond acceptors (Lipinski definition) is 6. The number of carbonyl (C=O) groups is 1. The minimum absolute atomic E-state index is 0.0140. The number of H-pyrrole nitrogens is 1. The summed E-state index contributed by atoms with van der Waals surface area (Å²) < 4.78 is 0. The van der Waals surface area contributed by atoms with E-state index in [1.54, 1.807) is 6.33 Å². The van der Waals surface area contributed by atoms with Crippen LogP contribution >= 0.6 is 0 Å². The smallest absolute Gasteiger partial charge is 0.258 e. The van der Waals surface area contributed by atoms with E-state index in [4.69, 9.17) is 5.26 Å². The molecule has 2 N–H and O–H groups in total. The van der Waals surface area contributed by atoms with Crippen molar-refractivity contribution in [3.63, 3.8) is 0 Å². The van der Waals surface area contributed by atoms with Gasteiger partial charge in [0.15, 0.2) is 0 Å². The molecule has 182 valence electrons. The number of aromatic nitrogens is 3. The van der Waals surface area contributed by atoms with Crippen molar-refractivity contribution in [2.75, 3.05) is 38.0 Å². The van der Waals surface area contributed by atoms with Crippen molar-refractivity contribution in [3.05, 3.63) is 89.6 Å². The van der Waals surface area contributed by atoms with Crippen LogP contribution in [0.15, 0.2) is 67.3 Å². The van der Waals surface area contributed by atoms with E-state index < -0.39 is 0 Å². The van der Waals surface area contributed by atoms with E-state index in [0.717, 1.165) is 41.5 Å². The van der Waals surface area contributed by atoms with Crippen molar-refractivity contribution in [1.29, 1.82) is 5.26 Å². The van der Waals surface area contributed by atoms with Gasteiger partial charge in [0.1, 0.15) is 5.82 Å². The average Bonchev–Trinajstić information content (AvgIpc) is 3.47. The van der Waals surface area contributed by atoms with Crippen LogP contribution in [0.4, 0.5) is 5.82 Å². The molecular formula is C28H29N7O. The Morgan fingerprint density at radius 3 is 2.58 bits per heavy atom. The molecule has 1 unspecified atom stereocenters. The molecule has 1 saturated heterocycles. The Morgan fingerprint density at radius 1 is 1.11 bits per heavy atom. The molecule has 8 heteroatoms. The van der Waals surface area contributed by atoms with E-state index in [0.29, 0.717) is 36.6 Å². The summed E-state index contributed by atoms with van der Waals surface area (Å²) in [6, 6.07) is 17.9. The number of nitriles is 1. The lowest BCUT2D eigenvalue weighted by molar-refractivity contribution is 0.0565. The van der Waals surface area contributed by atoms with Crippen LogP contribution < -0.4 is 5.32 Å². The number of carbonyl (C=O) groups excluding carboxylic acids is 1. The van der Waals surface area contributed by atoms with E-state index >= 15 is 0 Å². The third kappa shape index (κ3) is 4.79. The first-order valence-electron chi connectivity index (χ1n) is 12.3. The second kappa shape index (κ2) is 10.6. The van der Waals surface area contributed by atoms with Gasteiger partial charge in [0.25, 0.3) is 5.91 Å². The number of aromatic amines is 1. The SMILES string of the molecule is CCNc1ncc2ccccc2c1C(=O)N1CCN(C(Cc2ccc(C#N)cc2)c2cnc[nH]2)CC1. The molecule has 0 spiro atoms. The lowest BCUT2D eigenvalue weighted by Gasteiger charge is -2.39. The fraction of sp³-hybridized carbons (Fsp3) is 0.286. The standard InChI is InChI=1S/C28H29N7O/c1-2-31-27-26(23-6-4-3-5-22(23)17-32-27)28(36)35-13-11-34(12-14-35)25(24-18-30-19-33-24)15-20-7-9-21(16-29)10-8-20/h3-10,17-19,25H,2,11-15H2,1H3,(H,30,33)(H,31,32). The number of anilines is 1. The normalized spacial score (nSPS) is 14.9. The highest BCUT2D eigenvalue weighted by Crippen LogP contribution is 2.28. The van der Waals surface area contributed by atoms with Gasteiger partial charge in [-0.25, -0.2) is 9.97 Å². The van der Waals surface area contributed by atoms with E-state index in [1.807, 2.05) is 72.7 Å². The molecule has 8 nitrogen and oxygen atoms in total. The lowest BCUT2D eigenvalue weighted by Crippen LogP contribution is -2.50. The van der Waals surface area contributed by atoms with Gasteiger partial charge >= 0.3 is 0 Å². The molecule has 0 saturated carbocycles. The van der Waals surface area contributed by atoms with Gasteiger partial charge in [-0.1, -0.05) is 36.4 Å². The molecule has 1 atom stereocenters. The van der Waals surface area contributed by atoms with Crippen LogP contribution in [-0.4, -0.2) is 63.4 Å². The maximum atomic E-state index is 13.8. The lowest BCUT2D eigenvalue weighted by atomic mass is 10.00. The summed E-state index contributed by atoms with van der Waals surface area (Å²) in [6.07, 6.45) is 6.19. The topological polar surface area (TPSA) is 101 Å². The van der Waals surface area contributed by atoms with Crippen LogP contribution in [0.1, 0.15) is 40.1 Å². The number of hydrogen-bond donors (Lipinski definition) is 2. The fourth-order valence-corrected chi connectivity index (χ4v) is 4.90. The molecule has 1 amide bonds. The van der Waals surface area contributed by atoms with Crippen molar-refractivity contribution in [3.8, 4) is 6.07 Å². The highest BCUT2D eigenvalue weighted by Gasteiger charge is 2.30. The van der Waals surface area contributed by atoms with Gasteiger partial charge in [0.05, 0.1) is 35.3 Å². The highest BCUT2D eigenvalue weighted by molar-refractivity contribution is 6.10. The molecule has 4 aromatic rings. The maximum Gasteiger partial charge on any atom is 0.258 e. The number of pyridine rings is 1. The van der Waals surface area contributed by atoms with E-state index in [9.17, 15) is 4.79 Å². The molecule has 0 aliphatic carbocycles. The Hall–Kier alpha value is -4.22. The first-order valence-corrected chi connectivity index (χ1v) is 12.3. The molecule has 1 aliphatic rings. The Labute approximate surface area is 210 Å². The zero-order chi connectivity index (χ0) is 24.9. The molecule has 2 aromatic heterocycles. The highest BCUT2D eigenvalue weighted by atomic mass is 16.2. The van der Waals surface area contributed by atoms with E-state index in [-0.39, 0.29) is 11.9 Å². The summed E-state index contributed by atoms with van der Waals surface area (Å²) in [4.78, 5) is 30.2. The van der Waals surface area contributed by atoms with Gasteiger partial charge in [-0.3, -0.25) is 9.69 Å². The van der Waals surface area contributed by atoms with Crippen molar-refractivity contribution < 1.29 is 4.79 Å². The summed E-state index contributed by atoms with van der Waals surface area (Å²) in [5.41, 5.74) is 3.51. The van der Waals surface area contributed by atoms with Crippen LogP contribution in [0.5, 0.6) is 0 Å². The van der Waals surface area contributed by atoms with Gasteiger partial charge in [0, 0.05) is 50.5 Å². The second-order valence-corrected chi connectivity index (χ2v) is 8.96. The molecule has 1 aliphatic heterocycles. The number of benzene rings is 2. The van der Waals surface area contributed by atoms with Crippen molar-refractivity contribution in [2.45, 2.75) is 19.4 Å². The summed E-state index contributed by atoms with van der Waals surface area (Å²) in [7, 11) is 0. The van der Waals surface area contributed by atoms with Crippen molar-refractivity contribution >= 4 is 22.5 Å². The number of piperazine rings is 1. The van der Waals surface area contributed by atoms with Crippen LogP contribution in [0.2, 0.25) is 0 Å². The van der Waals surface area contributed by atoms with Crippen LogP contribution in [-0.2, 0) is 6.42 Å². The van der Waals surface area contributed by atoms with Gasteiger partial charge in [-0.2, -0.15) is 5.26 Å². The third-order valence-corrected chi connectivity index (χ3v) is 6.79. The Balaban J connectivity index is 1.35. The first kappa shape index (κ1) is 23.5. The molecule has 0 radical (unpaired) electrons. The summed E-state index contributed by atoms with van der Waals surface area (Å²) >= 11 is 0. The van der Waals surface area contributed by atoms with Crippen molar-refractivity contribution in [1.82, 2.24) is 24.8 Å². The zero-order valence-corrected chi connectivity index (χ0v) is 20.3. The van der Waals surface area contributed by atoms with Crippen LogP contribution in [0.25, 0.3) is 10.8 Å². The van der Waals surface area contributed by atoms with Gasteiger partial charge < -0.3 is 15.2 Å². The molecular weight excluding hydrogens is 450 g/mol. The van der Waals surface area contributed by atoms with Crippen LogP contribution in [0.3, 0.4) is 0 Å². The number of imidazole rings is 1. The van der Waals surface area contributed by atoms with E-state index in [2.05, 4.69) is 31.2 Å². The molecule has 1 fully saturated rings. The van der Waals surface area contributed by atoms with E-state index in [1.165, 1.54) is 0 Å². The molecule has 2 aromatic carbocycles. The van der Waals surface area contributed by atoms with Crippen LogP contribution in [0, 0.1) is 11.3 Å². The number of rotatable bonds is 7. The number of nitrogens with one attached hydrogen (secondary N) is 2. The second-order valence-electron chi connectivity index (χ2n) is 8.96. The number of nitrogens with zero attached hydrogens (tertiary/aromatic N) is 5. The van der Waals surface area contributed by atoms with Gasteiger partial charge in [0.2, 0.25) is 0 Å². The van der Waals surface area contributed by atoms with Crippen molar-refractivity contribution in [2.24, 2.45) is 0 Å². The molecule has 5 rings (SSSR count). The fourth-order valence-electron chi connectivity index (χ4n) is 4.90. The maximum absolute atomic E-state index is 13.8. The predicted molar refractivity (Wildman–Crippen MR) is 140 cm³/mol. The Kier molecular flexibility index (Phi) is 6.92. The predicted octanol–water partition coefficient (Wildman–Crippen LogP) is 4.00. The minimum atomic E-state index is 0.0140. The largest absolute Gasteiger partial charge is 0.370 e. The minimum Gasteiger partial charge on any atom is -0.370 e. The number of fused-ring (bicyclic) bond motifs is 1. The monoisotopic (exact) mass is 479 g/mol. The Morgan fingerprint density at radius 2 is 1.89 bits per heavy atom. The third-order valence-electron chi connectivity index (χ3n) is 6.79. The summed E-state index contributed by atoms with van der Waals surface area (Å²) in [5.74, 6) is 0.653. The van der Waals surface area contributed by atoms with Gasteiger partial charge in [-0.05, 0) is 36.4 Å². The average molecular weight is 480 g/mol. The summed E-state index contributed by atoms with van der Waals surface area (Å²) in [5, 5.41) is 14.3. The zero-order valence-electron chi connectivity index (χ0n) is 20.3. The Bertz CT molecular complexity index is 1370. The number of amides is 1. The molecule has 0 bridgehead atoms. The molecule has 3 heterocycles. The quantitative estimate of drug-likeness (QED) is 0.416. The van der Waals surface area contributed by atoms with Gasteiger partial charge in [-0.15, -0.1) is 0 Å². The summed E-state index contributed by atoms with van der Waals surface area (Å²) in [6.45, 7) is 5.46.